The van der Waals surface area contributed by atoms with E-state index in [0.29, 0.717) is 30.9 Å². The number of rotatable bonds is 5. The van der Waals surface area contributed by atoms with Crippen LogP contribution in [0.2, 0.25) is 0 Å². The maximum absolute atomic E-state index is 13.4. The number of hydrogen-bond acceptors (Lipinski definition) is 3. The molecule has 0 saturated heterocycles. The van der Waals surface area contributed by atoms with Gasteiger partial charge < -0.3 is 14.8 Å². The first-order valence-corrected chi connectivity index (χ1v) is 11.5. The molecule has 1 unspecified atom stereocenters. The fraction of sp³-hybridized carbons (Fsp3) is 0.179. The monoisotopic (exact) mass is 450 g/mol. The van der Waals surface area contributed by atoms with Crippen molar-refractivity contribution < 1.29 is 9.59 Å². The smallest absolute Gasteiger partial charge is 0.272 e. The molecule has 1 atom stereocenters. The first kappa shape index (κ1) is 21.6. The summed E-state index contributed by atoms with van der Waals surface area (Å²) >= 11 is 0. The molecule has 5 rings (SSSR count). The fourth-order valence-corrected chi connectivity index (χ4v) is 4.38. The molecule has 0 saturated carbocycles. The Bertz CT molecular complexity index is 1300. The Morgan fingerprint density at radius 2 is 1.47 bits per heavy atom. The van der Waals surface area contributed by atoms with Crippen LogP contribution in [0.25, 0.3) is 11.4 Å². The number of hydrogen-bond donors (Lipinski definition) is 1. The summed E-state index contributed by atoms with van der Waals surface area (Å²) in [7, 11) is 0. The molecule has 1 aromatic heterocycles. The third-order valence-electron chi connectivity index (χ3n) is 6.21. The van der Waals surface area contributed by atoms with Gasteiger partial charge in [0.2, 0.25) is 0 Å². The van der Waals surface area contributed by atoms with Crippen LogP contribution in [-0.2, 0) is 13.1 Å². The Hall–Kier alpha value is -4.19. The lowest BCUT2D eigenvalue weighted by Crippen LogP contribution is -2.39. The number of amides is 2. The summed E-state index contributed by atoms with van der Waals surface area (Å²) in [6.45, 7) is 3.42. The number of carbonyl (C=O) groups is 2. The third-order valence-corrected chi connectivity index (χ3v) is 6.21. The van der Waals surface area contributed by atoms with Crippen molar-refractivity contribution in [2.24, 2.45) is 0 Å². The maximum Gasteiger partial charge on any atom is 0.272 e. The molecular weight excluding hydrogens is 424 g/mol. The second kappa shape index (κ2) is 9.35. The normalized spacial score (nSPS) is 13.7. The molecule has 1 aliphatic rings. The minimum atomic E-state index is -0.240. The number of imidazole rings is 1. The predicted molar refractivity (Wildman–Crippen MR) is 131 cm³/mol. The molecule has 6 nitrogen and oxygen atoms in total. The van der Waals surface area contributed by atoms with Gasteiger partial charge in [0.05, 0.1) is 18.3 Å². The first-order valence-electron chi connectivity index (χ1n) is 11.5. The minimum Gasteiger partial charge on any atom is -0.344 e. The zero-order chi connectivity index (χ0) is 23.5. The van der Waals surface area contributed by atoms with Crippen LogP contribution < -0.4 is 5.32 Å². The van der Waals surface area contributed by atoms with Gasteiger partial charge in [-0.15, -0.1) is 0 Å². The third kappa shape index (κ3) is 4.22. The molecule has 6 heteroatoms. The van der Waals surface area contributed by atoms with Crippen molar-refractivity contribution in [3.05, 3.63) is 114 Å². The molecule has 1 aliphatic heterocycles. The number of nitrogens with zero attached hydrogens (tertiary/aromatic N) is 3. The highest BCUT2D eigenvalue weighted by Crippen LogP contribution is 2.28. The highest BCUT2D eigenvalue weighted by Gasteiger charge is 2.30. The van der Waals surface area contributed by atoms with Crippen molar-refractivity contribution in [3.8, 4) is 11.4 Å². The van der Waals surface area contributed by atoms with Crippen LogP contribution in [0.4, 0.5) is 0 Å². The highest BCUT2D eigenvalue weighted by atomic mass is 16.2. The number of aromatic nitrogens is 2. The van der Waals surface area contributed by atoms with Gasteiger partial charge in [-0.25, -0.2) is 4.98 Å². The van der Waals surface area contributed by atoms with Crippen molar-refractivity contribution in [2.45, 2.75) is 26.1 Å². The molecule has 34 heavy (non-hydrogen) atoms. The lowest BCUT2D eigenvalue weighted by Gasteiger charge is -2.29. The Balaban J connectivity index is 1.49. The summed E-state index contributed by atoms with van der Waals surface area (Å²) in [5.74, 6) is 0.467. The summed E-state index contributed by atoms with van der Waals surface area (Å²) in [6, 6.07) is 28.8. The van der Waals surface area contributed by atoms with E-state index in [1.54, 1.807) is 4.90 Å². The number of fused-ring (bicyclic) bond motifs is 1. The van der Waals surface area contributed by atoms with E-state index in [0.717, 1.165) is 22.6 Å². The molecular formula is C28H26N4O2. The SMILES string of the molecule is CC(NC(=O)c1nc(-c2ccccc2)n2c1CN(C(=O)c1ccccc1)CC2)c1ccccc1. The van der Waals surface area contributed by atoms with Crippen molar-refractivity contribution in [3.63, 3.8) is 0 Å². The maximum atomic E-state index is 13.4. The van der Waals surface area contributed by atoms with E-state index in [-0.39, 0.29) is 17.9 Å². The summed E-state index contributed by atoms with van der Waals surface area (Å²) < 4.78 is 2.08. The van der Waals surface area contributed by atoms with Crippen LogP contribution in [0.1, 0.15) is 45.1 Å². The van der Waals surface area contributed by atoms with Gasteiger partial charge in [0.15, 0.2) is 5.69 Å². The predicted octanol–water partition coefficient (Wildman–Crippen LogP) is 4.70. The quantitative estimate of drug-likeness (QED) is 0.479. The van der Waals surface area contributed by atoms with Crippen molar-refractivity contribution in [2.75, 3.05) is 6.54 Å². The molecule has 0 spiro atoms. The van der Waals surface area contributed by atoms with E-state index < -0.39 is 0 Å². The minimum absolute atomic E-state index is 0.0432. The van der Waals surface area contributed by atoms with Gasteiger partial charge in [-0.1, -0.05) is 78.9 Å². The van der Waals surface area contributed by atoms with Gasteiger partial charge >= 0.3 is 0 Å². The molecule has 2 amide bonds. The summed E-state index contributed by atoms with van der Waals surface area (Å²) in [5.41, 5.74) is 3.73. The Morgan fingerprint density at radius 1 is 0.853 bits per heavy atom. The second-order valence-electron chi connectivity index (χ2n) is 8.45. The topological polar surface area (TPSA) is 67.2 Å². The van der Waals surface area contributed by atoms with Crippen LogP contribution in [0.5, 0.6) is 0 Å². The molecule has 3 aromatic carbocycles. The number of carbonyl (C=O) groups excluding carboxylic acids is 2. The van der Waals surface area contributed by atoms with Crippen molar-refractivity contribution >= 4 is 11.8 Å². The highest BCUT2D eigenvalue weighted by molar-refractivity contribution is 5.96. The summed E-state index contributed by atoms with van der Waals surface area (Å²) in [6.07, 6.45) is 0. The summed E-state index contributed by atoms with van der Waals surface area (Å²) in [5, 5.41) is 3.08. The molecule has 0 radical (unpaired) electrons. The number of nitrogens with one attached hydrogen (secondary N) is 1. The Kier molecular flexibility index (Phi) is 5.95. The van der Waals surface area contributed by atoms with Gasteiger partial charge in [-0.2, -0.15) is 0 Å². The van der Waals surface area contributed by atoms with E-state index in [4.69, 9.17) is 4.98 Å². The van der Waals surface area contributed by atoms with Crippen LogP contribution in [0, 0.1) is 0 Å². The first-order chi connectivity index (χ1) is 16.6. The van der Waals surface area contributed by atoms with E-state index in [9.17, 15) is 9.59 Å². The Labute approximate surface area is 198 Å². The standard InChI is InChI=1S/C28H26N4O2/c1-20(21-11-5-2-6-12-21)29-27(33)25-24-19-31(28(34)23-15-9-4-10-16-23)17-18-32(24)26(30-25)22-13-7-3-8-14-22/h2-16,20H,17-19H2,1H3,(H,29,33). The Morgan fingerprint density at radius 3 is 2.15 bits per heavy atom. The van der Waals surface area contributed by atoms with E-state index in [1.807, 2.05) is 97.9 Å². The molecule has 0 aliphatic carbocycles. The zero-order valence-corrected chi connectivity index (χ0v) is 19.0. The lowest BCUT2D eigenvalue weighted by atomic mass is 10.1. The number of benzene rings is 3. The van der Waals surface area contributed by atoms with Gasteiger partial charge in [0.1, 0.15) is 5.82 Å². The molecule has 4 aromatic rings. The fourth-order valence-electron chi connectivity index (χ4n) is 4.38. The van der Waals surface area contributed by atoms with Crippen LogP contribution in [0.3, 0.4) is 0 Å². The summed E-state index contributed by atoms with van der Waals surface area (Å²) in [4.78, 5) is 33.1. The molecule has 170 valence electrons. The van der Waals surface area contributed by atoms with Gasteiger partial charge in [0.25, 0.3) is 11.8 Å². The largest absolute Gasteiger partial charge is 0.344 e. The van der Waals surface area contributed by atoms with Gasteiger partial charge in [0, 0.05) is 24.2 Å². The average molecular weight is 451 g/mol. The van der Waals surface area contributed by atoms with Crippen molar-refractivity contribution in [1.29, 1.82) is 0 Å². The van der Waals surface area contributed by atoms with E-state index >= 15 is 0 Å². The molecule has 0 bridgehead atoms. The second-order valence-corrected chi connectivity index (χ2v) is 8.45. The molecule has 1 N–H and O–H groups in total. The van der Waals surface area contributed by atoms with Gasteiger partial charge in [-0.05, 0) is 24.6 Å². The van der Waals surface area contributed by atoms with Crippen LogP contribution in [-0.4, -0.2) is 32.8 Å². The van der Waals surface area contributed by atoms with E-state index in [2.05, 4.69) is 9.88 Å². The average Bonchev–Trinajstić information content (AvgIpc) is 3.29. The van der Waals surface area contributed by atoms with Crippen LogP contribution in [0.15, 0.2) is 91.0 Å². The van der Waals surface area contributed by atoms with E-state index in [1.165, 1.54) is 0 Å². The molecule has 0 fully saturated rings. The van der Waals surface area contributed by atoms with Gasteiger partial charge in [-0.3, -0.25) is 9.59 Å². The molecule has 2 heterocycles. The lowest BCUT2D eigenvalue weighted by molar-refractivity contribution is 0.0707. The van der Waals surface area contributed by atoms with Crippen molar-refractivity contribution in [1.82, 2.24) is 19.8 Å². The zero-order valence-electron chi connectivity index (χ0n) is 19.0. The van der Waals surface area contributed by atoms with Crippen LogP contribution >= 0.6 is 0 Å².